The molecule has 0 atom stereocenters. The van der Waals surface area contributed by atoms with E-state index in [0.717, 1.165) is 11.1 Å². The minimum atomic E-state index is -0.388. The minimum Gasteiger partial charge on any atom is -0.377 e. The lowest BCUT2D eigenvalue weighted by molar-refractivity contribution is 0.0945. The molecule has 228 valence electrons. The van der Waals surface area contributed by atoms with Gasteiger partial charge in [-0.1, -0.05) is 60.7 Å². The van der Waals surface area contributed by atoms with Crippen LogP contribution in [-0.4, -0.2) is 46.3 Å². The first-order valence-electron chi connectivity index (χ1n) is 14.5. The first kappa shape index (κ1) is 30.6. The number of aromatic nitrogens is 2. The van der Waals surface area contributed by atoms with Crippen molar-refractivity contribution in [1.82, 2.24) is 19.8 Å². The Morgan fingerprint density at radius 2 is 1.29 bits per heavy atom. The third-order valence-corrected chi connectivity index (χ3v) is 7.37. The molecule has 0 aliphatic rings. The number of rotatable bonds is 10. The summed E-state index contributed by atoms with van der Waals surface area (Å²) in [5, 5.41) is 21.2. The zero-order chi connectivity index (χ0) is 31.9. The lowest BCUT2D eigenvalue weighted by Gasteiger charge is -2.06. The van der Waals surface area contributed by atoms with Crippen LogP contribution in [0.3, 0.4) is 0 Å². The van der Waals surface area contributed by atoms with Crippen LogP contribution < -0.4 is 21.3 Å². The maximum absolute atomic E-state index is 13.0. The Hall–Kier alpha value is -5.90. The van der Waals surface area contributed by atoms with Gasteiger partial charge in [0.15, 0.2) is 0 Å². The Bertz CT molecular complexity index is 1920. The van der Waals surface area contributed by atoms with E-state index in [2.05, 4.69) is 51.6 Å². The zero-order valence-electron chi connectivity index (χ0n) is 25.3. The first-order valence-corrected chi connectivity index (χ1v) is 14.5. The van der Waals surface area contributed by atoms with Gasteiger partial charge in [-0.05, 0) is 52.2 Å². The lowest BCUT2D eigenvalue weighted by Crippen LogP contribution is -2.29. The van der Waals surface area contributed by atoms with Crippen LogP contribution in [0.4, 0.5) is 11.4 Å². The Balaban J connectivity index is 1.17. The first-order chi connectivity index (χ1) is 21.7. The number of hydrogen-bond acceptors (Lipinski definition) is 4. The molecule has 5 aromatic rings. The molecule has 0 radical (unpaired) electrons. The average Bonchev–Trinajstić information content (AvgIpc) is 3.60. The van der Waals surface area contributed by atoms with Crippen LogP contribution >= 0.6 is 0 Å². The highest BCUT2D eigenvalue weighted by Crippen LogP contribution is 2.20. The van der Waals surface area contributed by atoms with Crippen LogP contribution in [0.2, 0.25) is 0 Å². The number of anilines is 2. The van der Waals surface area contributed by atoms with Gasteiger partial charge in [-0.3, -0.25) is 19.8 Å². The van der Waals surface area contributed by atoms with Gasteiger partial charge in [0, 0.05) is 52.1 Å². The number of carbonyl (C=O) groups is 3. The molecule has 0 fully saturated rings. The number of nitrogens with zero attached hydrogens (tertiary/aromatic N) is 2. The Kier molecular flexibility index (Phi) is 9.23. The van der Waals surface area contributed by atoms with Gasteiger partial charge < -0.3 is 30.4 Å². The molecule has 10 nitrogen and oxygen atoms in total. The molecule has 5 rings (SSSR count). The summed E-state index contributed by atoms with van der Waals surface area (Å²) in [5.41, 5.74) is 4.19. The highest BCUT2D eigenvalue weighted by atomic mass is 16.2. The molecule has 0 unspecified atom stereocenters. The van der Waals surface area contributed by atoms with Crippen molar-refractivity contribution in [3.05, 3.63) is 119 Å². The fraction of sp³-hybridized carbons (Fsp3) is 0.143. The monoisotopic (exact) mass is 601 g/mol. The van der Waals surface area contributed by atoms with Gasteiger partial charge in [0.1, 0.15) is 11.4 Å². The molecule has 0 saturated heterocycles. The van der Waals surface area contributed by atoms with Gasteiger partial charge in [-0.15, -0.1) is 0 Å². The summed E-state index contributed by atoms with van der Waals surface area (Å²) in [4.78, 5) is 38.5. The number of amides is 3. The standard InChI is InChI=1S/C35H35N7O3/c1-37-32(36)16-17-38-34(44)30-19-29(22-41(30)2)40-35(45)31-20-28(21-42(31)3)39-33(43)26-14-10-23(11-15-26)8-9-24-12-13-25-6-4-5-7-27(25)18-24/h4-15,18-22H,16-17H2,1-3H3,(H2,36,37)(H,38,44)(H,39,43)(H,40,45)/b9-8+. The topological polar surface area (TPSA) is 133 Å². The van der Waals surface area contributed by atoms with Gasteiger partial charge in [0.05, 0.1) is 17.2 Å². The third kappa shape index (κ3) is 7.55. The highest BCUT2D eigenvalue weighted by molar-refractivity contribution is 6.07. The van der Waals surface area contributed by atoms with Crippen molar-refractivity contribution in [1.29, 1.82) is 5.41 Å². The molecule has 0 aliphatic heterocycles. The van der Waals surface area contributed by atoms with Crippen molar-refractivity contribution in [2.24, 2.45) is 14.1 Å². The average molecular weight is 602 g/mol. The molecular weight excluding hydrogens is 566 g/mol. The predicted molar refractivity (Wildman–Crippen MR) is 180 cm³/mol. The van der Waals surface area contributed by atoms with Crippen LogP contribution in [0.15, 0.2) is 91.3 Å². The number of hydrogen-bond donors (Lipinski definition) is 5. The van der Waals surface area contributed by atoms with E-state index >= 15 is 0 Å². The summed E-state index contributed by atoms with van der Waals surface area (Å²) < 4.78 is 3.24. The zero-order valence-corrected chi connectivity index (χ0v) is 25.3. The number of nitrogens with one attached hydrogen (secondary N) is 5. The summed E-state index contributed by atoms with van der Waals surface area (Å²) in [6.07, 6.45) is 7.75. The van der Waals surface area contributed by atoms with E-state index in [1.54, 1.807) is 66.9 Å². The quantitative estimate of drug-likeness (QED) is 0.0820. The minimum absolute atomic E-state index is 0.291. The summed E-state index contributed by atoms with van der Waals surface area (Å²) in [6, 6.07) is 25.0. The summed E-state index contributed by atoms with van der Waals surface area (Å²) >= 11 is 0. The highest BCUT2D eigenvalue weighted by Gasteiger charge is 2.17. The number of aryl methyl sites for hydroxylation is 2. The molecule has 10 heteroatoms. The second kappa shape index (κ2) is 13.6. The summed E-state index contributed by atoms with van der Waals surface area (Å²) in [7, 11) is 5.09. The second-order valence-electron chi connectivity index (χ2n) is 10.7. The molecule has 2 aromatic heterocycles. The maximum Gasteiger partial charge on any atom is 0.272 e. The van der Waals surface area contributed by atoms with E-state index in [9.17, 15) is 14.4 Å². The van der Waals surface area contributed by atoms with Crippen molar-refractivity contribution in [2.75, 3.05) is 24.2 Å². The second-order valence-corrected chi connectivity index (χ2v) is 10.7. The van der Waals surface area contributed by atoms with E-state index in [4.69, 9.17) is 5.41 Å². The van der Waals surface area contributed by atoms with Crippen molar-refractivity contribution < 1.29 is 14.4 Å². The van der Waals surface area contributed by atoms with E-state index < -0.39 is 0 Å². The van der Waals surface area contributed by atoms with Gasteiger partial charge in [-0.2, -0.15) is 0 Å². The van der Waals surface area contributed by atoms with E-state index in [1.165, 1.54) is 10.8 Å². The number of carbonyl (C=O) groups excluding carboxylic acids is 3. The van der Waals surface area contributed by atoms with Crippen LogP contribution in [0.1, 0.15) is 48.9 Å². The molecule has 0 spiro atoms. The van der Waals surface area contributed by atoms with Crippen LogP contribution in [-0.2, 0) is 14.1 Å². The van der Waals surface area contributed by atoms with Gasteiger partial charge in [0.2, 0.25) is 0 Å². The molecule has 2 heterocycles. The van der Waals surface area contributed by atoms with Crippen molar-refractivity contribution in [2.45, 2.75) is 6.42 Å². The van der Waals surface area contributed by atoms with E-state index in [1.807, 2.05) is 36.4 Å². The van der Waals surface area contributed by atoms with Crippen molar-refractivity contribution in [3.8, 4) is 0 Å². The maximum atomic E-state index is 13.0. The van der Waals surface area contributed by atoms with Crippen LogP contribution in [0.5, 0.6) is 0 Å². The molecule has 0 bridgehead atoms. The molecule has 45 heavy (non-hydrogen) atoms. The van der Waals surface area contributed by atoms with Crippen molar-refractivity contribution in [3.63, 3.8) is 0 Å². The Labute approximate surface area is 261 Å². The number of amidine groups is 1. The number of fused-ring (bicyclic) bond motifs is 1. The Morgan fingerprint density at radius 3 is 1.96 bits per heavy atom. The molecule has 0 aliphatic carbocycles. The molecule has 0 saturated carbocycles. The fourth-order valence-corrected chi connectivity index (χ4v) is 4.88. The predicted octanol–water partition coefficient (Wildman–Crippen LogP) is 5.51. The van der Waals surface area contributed by atoms with Crippen molar-refractivity contribution >= 4 is 57.9 Å². The van der Waals surface area contributed by atoms with Crippen LogP contribution in [0.25, 0.3) is 22.9 Å². The van der Waals surface area contributed by atoms with Crippen LogP contribution in [0, 0.1) is 5.41 Å². The van der Waals surface area contributed by atoms with Gasteiger partial charge >= 0.3 is 0 Å². The molecular formula is C35H35N7O3. The Morgan fingerprint density at radius 1 is 0.711 bits per heavy atom. The van der Waals surface area contributed by atoms with E-state index in [0.29, 0.717) is 47.1 Å². The largest absolute Gasteiger partial charge is 0.377 e. The summed E-state index contributed by atoms with van der Waals surface area (Å²) in [6.45, 7) is 0.316. The smallest absolute Gasteiger partial charge is 0.272 e. The molecule has 3 amide bonds. The fourth-order valence-electron chi connectivity index (χ4n) is 4.88. The summed E-state index contributed by atoms with van der Waals surface area (Å²) in [5.74, 6) is -0.659. The lowest BCUT2D eigenvalue weighted by atomic mass is 10.1. The van der Waals surface area contributed by atoms with Gasteiger partial charge in [0.25, 0.3) is 17.7 Å². The SMILES string of the molecule is CNC(=N)CCNC(=O)c1cc(NC(=O)c2cc(NC(=O)c3ccc(/C=C/c4ccc5ccccc5c4)cc3)cn2C)cn1C. The molecule has 5 N–H and O–H groups in total. The normalized spacial score (nSPS) is 11.0. The third-order valence-electron chi connectivity index (χ3n) is 7.37. The van der Waals surface area contributed by atoms with E-state index in [-0.39, 0.29) is 17.7 Å². The van der Waals surface area contributed by atoms with Gasteiger partial charge in [-0.25, -0.2) is 0 Å². The number of benzene rings is 3. The molecule has 3 aromatic carbocycles.